The zero-order valence-corrected chi connectivity index (χ0v) is 13.8. The number of pyridine rings is 1. The minimum atomic E-state index is -0.171. The molecule has 2 aromatic rings. The molecule has 5 heteroatoms. The van der Waals surface area contributed by atoms with Gasteiger partial charge in [-0.2, -0.15) is 0 Å². The molecule has 0 unspecified atom stereocenters. The van der Waals surface area contributed by atoms with Gasteiger partial charge in [-0.1, -0.05) is 6.07 Å². The predicted molar refractivity (Wildman–Crippen MR) is 91.9 cm³/mol. The number of amides is 1. The molecule has 1 atom stereocenters. The standard InChI is InChI=1S/C19H20N2O3/c1-3-23-16-7-8-18-14(11-16)10-15(12-24-18)19(22)21-13(2)17-6-4-5-9-20-17/h4-11,13H,3,12H2,1-2H3,(H,21,22)/t13-/m1/s1. The molecule has 124 valence electrons. The summed E-state index contributed by atoms with van der Waals surface area (Å²) in [6.07, 6.45) is 3.56. The third-order valence-electron chi connectivity index (χ3n) is 3.78. The van der Waals surface area contributed by atoms with Crippen molar-refractivity contribution in [1.29, 1.82) is 0 Å². The lowest BCUT2D eigenvalue weighted by atomic mass is 10.1. The van der Waals surface area contributed by atoms with Gasteiger partial charge in [0.15, 0.2) is 0 Å². The van der Waals surface area contributed by atoms with Crippen LogP contribution >= 0.6 is 0 Å². The van der Waals surface area contributed by atoms with Gasteiger partial charge in [-0.15, -0.1) is 0 Å². The fraction of sp³-hybridized carbons (Fsp3) is 0.263. The fourth-order valence-electron chi connectivity index (χ4n) is 2.54. The Bertz CT molecular complexity index is 756. The van der Waals surface area contributed by atoms with E-state index in [9.17, 15) is 4.79 Å². The van der Waals surface area contributed by atoms with E-state index in [1.165, 1.54) is 0 Å². The van der Waals surface area contributed by atoms with Crippen LogP contribution in [-0.2, 0) is 4.79 Å². The van der Waals surface area contributed by atoms with E-state index in [-0.39, 0.29) is 18.6 Å². The highest BCUT2D eigenvalue weighted by Crippen LogP contribution is 2.30. The molecule has 24 heavy (non-hydrogen) atoms. The first-order valence-corrected chi connectivity index (χ1v) is 7.99. The molecule has 1 aliphatic heterocycles. The van der Waals surface area contributed by atoms with Gasteiger partial charge in [-0.25, -0.2) is 0 Å². The number of ether oxygens (including phenoxy) is 2. The van der Waals surface area contributed by atoms with Crippen LogP contribution in [0, 0.1) is 0 Å². The first kappa shape index (κ1) is 16.1. The number of fused-ring (bicyclic) bond motifs is 1. The number of nitrogens with one attached hydrogen (secondary N) is 1. The molecule has 1 N–H and O–H groups in total. The smallest absolute Gasteiger partial charge is 0.251 e. The number of nitrogens with zero attached hydrogens (tertiary/aromatic N) is 1. The Morgan fingerprint density at radius 2 is 2.25 bits per heavy atom. The minimum Gasteiger partial charge on any atom is -0.494 e. The molecule has 1 amide bonds. The lowest BCUT2D eigenvalue weighted by Gasteiger charge is -2.20. The van der Waals surface area contributed by atoms with Gasteiger partial charge in [0, 0.05) is 11.8 Å². The Hall–Kier alpha value is -2.82. The molecule has 1 aromatic carbocycles. The molecule has 0 saturated carbocycles. The number of rotatable bonds is 5. The summed E-state index contributed by atoms with van der Waals surface area (Å²) in [7, 11) is 0. The Labute approximate surface area is 141 Å². The quantitative estimate of drug-likeness (QED) is 0.918. The van der Waals surface area contributed by atoms with Gasteiger partial charge in [-0.3, -0.25) is 9.78 Å². The summed E-state index contributed by atoms with van der Waals surface area (Å²) in [4.78, 5) is 16.7. The highest BCUT2D eigenvalue weighted by Gasteiger charge is 2.19. The summed E-state index contributed by atoms with van der Waals surface area (Å²) in [6.45, 7) is 4.69. The molecule has 0 fully saturated rings. The third kappa shape index (κ3) is 3.56. The minimum absolute atomic E-state index is 0.152. The monoisotopic (exact) mass is 324 g/mol. The molecule has 2 heterocycles. The van der Waals surface area contributed by atoms with Crippen LogP contribution in [0.1, 0.15) is 31.1 Å². The summed E-state index contributed by atoms with van der Waals surface area (Å²) in [5, 5.41) is 2.96. The molecule has 1 aliphatic rings. The summed E-state index contributed by atoms with van der Waals surface area (Å²) in [5.74, 6) is 1.37. The normalized spacial score (nSPS) is 14.0. The van der Waals surface area contributed by atoms with Crippen LogP contribution in [0.3, 0.4) is 0 Å². The maximum absolute atomic E-state index is 12.5. The third-order valence-corrected chi connectivity index (χ3v) is 3.78. The van der Waals surface area contributed by atoms with Crippen LogP contribution in [0.15, 0.2) is 48.2 Å². The Morgan fingerprint density at radius 1 is 1.38 bits per heavy atom. The van der Waals surface area contributed by atoms with Crippen molar-refractivity contribution in [3.63, 3.8) is 0 Å². The van der Waals surface area contributed by atoms with Crippen molar-refractivity contribution in [2.24, 2.45) is 0 Å². The van der Waals surface area contributed by atoms with E-state index in [0.717, 1.165) is 22.8 Å². The zero-order chi connectivity index (χ0) is 16.9. The van der Waals surface area contributed by atoms with Crippen molar-refractivity contribution in [2.45, 2.75) is 19.9 Å². The van der Waals surface area contributed by atoms with Crippen LogP contribution < -0.4 is 14.8 Å². The highest BCUT2D eigenvalue weighted by atomic mass is 16.5. The van der Waals surface area contributed by atoms with Gasteiger partial charge < -0.3 is 14.8 Å². The average molecular weight is 324 g/mol. The molecular formula is C19H20N2O3. The number of hydrogen-bond acceptors (Lipinski definition) is 4. The van der Waals surface area contributed by atoms with E-state index in [1.54, 1.807) is 6.20 Å². The van der Waals surface area contributed by atoms with Crippen LogP contribution in [0.2, 0.25) is 0 Å². The number of hydrogen-bond donors (Lipinski definition) is 1. The largest absolute Gasteiger partial charge is 0.494 e. The van der Waals surface area contributed by atoms with Crippen molar-refractivity contribution in [1.82, 2.24) is 10.3 Å². The fourth-order valence-corrected chi connectivity index (χ4v) is 2.54. The highest BCUT2D eigenvalue weighted by molar-refractivity contribution is 5.99. The maximum Gasteiger partial charge on any atom is 0.251 e. The molecule has 0 saturated heterocycles. The molecule has 3 rings (SSSR count). The number of benzene rings is 1. The van der Waals surface area contributed by atoms with E-state index in [2.05, 4.69) is 10.3 Å². The molecule has 0 spiro atoms. The summed E-state index contributed by atoms with van der Waals surface area (Å²) in [5.41, 5.74) is 2.25. The first-order chi connectivity index (χ1) is 11.7. The van der Waals surface area contributed by atoms with Gasteiger partial charge in [0.05, 0.1) is 23.9 Å². The molecule has 1 aromatic heterocycles. The van der Waals surface area contributed by atoms with Gasteiger partial charge in [0.1, 0.15) is 18.1 Å². The van der Waals surface area contributed by atoms with Gasteiger partial charge in [0.2, 0.25) is 0 Å². The van der Waals surface area contributed by atoms with Gasteiger partial charge in [-0.05, 0) is 50.3 Å². The van der Waals surface area contributed by atoms with E-state index in [4.69, 9.17) is 9.47 Å². The van der Waals surface area contributed by atoms with Crippen LogP contribution in [0.5, 0.6) is 11.5 Å². The predicted octanol–water partition coefficient (Wildman–Crippen LogP) is 3.13. The van der Waals surface area contributed by atoms with Crippen LogP contribution in [0.25, 0.3) is 6.08 Å². The lowest BCUT2D eigenvalue weighted by Crippen LogP contribution is -2.31. The van der Waals surface area contributed by atoms with Crippen LogP contribution in [-0.4, -0.2) is 24.1 Å². The molecule has 0 bridgehead atoms. The van der Waals surface area contributed by atoms with Gasteiger partial charge >= 0.3 is 0 Å². The van der Waals surface area contributed by atoms with E-state index >= 15 is 0 Å². The first-order valence-electron chi connectivity index (χ1n) is 7.99. The Balaban J connectivity index is 1.75. The Kier molecular flexibility index (Phi) is 4.79. The molecule has 5 nitrogen and oxygen atoms in total. The summed E-state index contributed by atoms with van der Waals surface area (Å²) >= 11 is 0. The second kappa shape index (κ2) is 7.17. The van der Waals surface area contributed by atoms with Crippen molar-refractivity contribution in [3.8, 4) is 11.5 Å². The van der Waals surface area contributed by atoms with E-state index < -0.39 is 0 Å². The lowest BCUT2D eigenvalue weighted by molar-refractivity contribution is -0.118. The van der Waals surface area contributed by atoms with Crippen molar-refractivity contribution in [2.75, 3.05) is 13.2 Å². The molecular weight excluding hydrogens is 304 g/mol. The summed E-state index contributed by atoms with van der Waals surface area (Å²) < 4.78 is 11.2. The molecule has 0 aliphatic carbocycles. The topological polar surface area (TPSA) is 60.5 Å². The second-order valence-electron chi connectivity index (χ2n) is 5.54. The maximum atomic E-state index is 12.5. The van der Waals surface area contributed by atoms with E-state index in [1.807, 2.05) is 56.3 Å². The SMILES string of the molecule is CCOc1ccc2c(c1)C=C(C(=O)N[C@H](C)c1ccccn1)CO2. The molecule has 0 radical (unpaired) electrons. The van der Waals surface area contributed by atoms with Crippen molar-refractivity contribution in [3.05, 3.63) is 59.4 Å². The van der Waals surface area contributed by atoms with Crippen molar-refractivity contribution < 1.29 is 14.3 Å². The number of aromatic nitrogens is 1. The summed E-state index contributed by atoms with van der Waals surface area (Å²) in [6, 6.07) is 11.1. The Morgan fingerprint density at radius 3 is 3.00 bits per heavy atom. The second-order valence-corrected chi connectivity index (χ2v) is 5.54. The zero-order valence-electron chi connectivity index (χ0n) is 13.8. The van der Waals surface area contributed by atoms with Crippen molar-refractivity contribution >= 4 is 12.0 Å². The number of carbonyl (C=O) groups is 1. The van der Waals surface area contributed by atoms with Gasteiger partial charge in [0.25, 0.3) is 5.91 Å². The van der Waals surface area contributed by atoms with E-state index in [0.29, 0.717) is 12.2 Å². The average Bonchev–Trinajstić information content (AvgIpc) is 2.62. The van der Waals surface area contributed by atoms with Crippen LogP contribution in [0.4, 0.5) is 0 Å². The number of carbonyl (C=O) groups excluding carboxylic acids is 1.